The Labute approximate surface area is 137 Å². The summed E-state index contributed by atoms with van der Waals surface area (Å²) >= 11 is 0. The van der Waals surface area contributed by atoms with E-state index >= 15 is 0 Å². The van der Waals surface area contributed by atoms with Crippen LogP contribution in [0.4, 0.5) is 0 Å². The van der Waals surface area contributed by atoms with Crippen LogP contribution in [-0.4, -0.2) is 61.4 Å². The van der Waals surface area contributed by atoms with Gasteiger partial charge in [0.2, 0.25) is 0 Å². The molecule has 0 spiro atoms. The average Bonchev–Trinajstić information content (AvgIpc) is 2.50. The summed E-state index contributed by atoms with van der Waals surface area (Å²) in [4.78, 5) is 9.57. The first kappa shape index (κ1) is 19.2. The molecule has 1 aliphatic rings. The Morgan fingerprint density at radius 2 is 2.18 bits per heavy atom. The topological polar surface area (TPSA) is 30.9 Å². The molecule has 0 aliphatic carbocycles. The number of hydrogen-bond acceptors (Lipinski definition) is 3. The lowest BCUT2D eigenvalue weighted by molar-refractivity contribution is 0.180. The maximum absolute atomic E-state index is 4.72. The molecule has 1 heterocycles. The molecule has 2 atom stereocenters. The van der Waals surface area contributed by atoms with Gasteiger partial charge in [-0.3, -0.25) is 0 Å². The molecule has 0 aromatic carbocycles. The Bertz CT molecular complexity index is 364. The third kappa shape index (κ3) is 6.93. The molecule has 0 amide bonds. The van der Waals surface area contributed by atoms with E-state index in [0.29, 0.717) is 12.0 Å². The highest BCUT2D eigenvalue weighted by Gasteiger charge is 2.18. The van der Waals surface area contributed by atoms with Gasteiger partial charge in [-0.25, -0.2) is 4.99 Å². The first-order chi connectivity index (χ1) is 10.5. The van der Waals surface area contributed by atoms with Crippen LogP contribution >= 0.6 is 0 Å². The quantitative estimate of drug-likeness (QED) is 0.552. The van der Waals surface area contributed by atoms with Crippen molar-refractivity contribution >= 4 is 5.84 Å². The Hall–Kier alpha value is -0.870. The Kier molecular flexibility index (Phi) is 8.72. The fraction of sp³-hybridized carbons (Fsp3) is 0.833. The van der Waals surface area contributed by atoms with E-state index in [4.69, 9.17) is 4.99 Å². The van der Waals surface area contributed by atoms with Crippen LogP contribution in [0.1, 0.15) is 47.0 Å². The van der Waals surface area contributed by atoms with Crippen LogP contribution in [-0.2, 0) is 0 Å². The van der Waals surface area contributed by atoms with Crippen molar-refractivity contribution in [3.63, 3.8) is 0 Å². The van der Waals surface area contributed by atoms with Crippen LogP contribution in [0.25, 0.3) is 0 Å². The lowest BCUT2D eigenvalue weighted by Crippen LogP contribution is -2.50. The SMILES string of the molecule is C=C(CC)N=C(CC[C@@H](C)CN1CCN[C@H](C)C1)N(C)CC. The number of rotatable bonds is 8. The fourth-order valence-electron chi connectivity index (χ4n) is 2.86. The highest BCUT2D eigenvalue weighted by Crippen LogP contribution is 2.13. The minimum atomic E-state index is 0.622. The second-order valence-corrected chi connectivity index (χ2v) is 6.72. The van der Waals surface area contributed by atoms with Crippen LogP contribution in [0.2, 0.25) is 0 Å². The van der Waals surface area contributed by atoms with Gasteiger partial charge < -0.3 is 15.1 Å². The van der Waals surface area contributed by atoms with Crippen molar-refractivity contribution in [3.8, 4) is 0 Å². The Morgan fingerprint density at radius 1 is 1.45 bits per heavy atom. The first-order valence-electron chi connectivity index (χ1n) is 8.88. The summed E-state index contributed by atoms with van der Waals surface area (Å²) in [6.45, 7) is 18.6. The molecule has 0 bridgehead atoms. The standard InChI is InChI=1S/C18H36N4/c1-7-16(4)20-18(21(6)8-2)10-9-15(3)13-22-12-11-19-17(5)14-22/h15,17,19H,4,7-14H2,1-3,5-6H3/t15-,17-/m1/s1. The summed E-state index contributed by atoms with van der Waals surface area (Å²) < 4.78 is 0. The Balaban J connectivity index is 2.46. The maximum Gasteiger partial charge on any atom is 0.104 e. The minimum Gasteiger partial charge on any atom is -0.363 e. The number of amidine groups is 1. The van der Waals surface area contributed by atoms with Crippen molar-refractivity contribution < 1.29 is 0 Å². The normalized spacial score (nSPS) is 21.7. The van der Waals surface area contributed by atoms with Crippen LogP contribution in [0.15, 0.2) is 17.3 Å². The third-order valence-electron chi connectivity index (χ3n) is 4.49. The monoisotopic (exact) mass is 308 g/mol. The van der Waals surface area contributed by atoms with Gasteiger partial charge in [0.1, 0.15) is 5.84 Å². The van der Waals surface area contributed by atoms with Crippen molar-refractivity contribution in [2.75, 3.05) is 39.8 Å². The zero-order valence-corrected chi connectivity index (χ0v) is 15.4. The highest BCUT2D eigenvalue weighted by molar-refractivity contribution is 5.83. The molecule has 4 heteroatoms. The summed E-state index contributed by atoms with van der Waals surface area (Å²) in [5, 5.41) is 3.51. The molecule has 22 heavy (non-hydrogen) atoms. The lowest BCUT2D eigenvalue weighted by Gasteiger charge is -2.33. The largest absolute Gasteiger partial charge is 0.363 e. The van der Waals surface area contributed by atoms with E-state index in [2.05, 4.69) is 56.4 Å². The van der Waals surface area contributed by atoms with Crippen LogP contribution < -0.4 is 5.32 Å². The second-order valence-electron chi connectivity index (χ2n) is 6.72. The zero-order chi connectivity index (χ0) is 16.5. The van der Waals surface area contributed by atoms with Crippen molar-refractivity contribution in [2.24, 2.45) is 10.9 Å². The van der Waals surface area contributed by atoms with Gasteiger partial charge in [-0.2, -0.15) is 0 Å². The minimum absolute atomic E-state index is 0.622. The molecule has 1 fully saturated rings. The molecule has 1 aliphatic heterocycles. The fourth-order valence-corrected chi connectivity index (χ4v) is 2.86. The zero-order valence-electron chi connectivity index (χ0n) is 15.4. The first-order valence-corrected chi connectivity index (χ1v) is 8.88. The summed E-state index contributed by atoms with van der Waals surface area (Å²) in [7, 11) is 2.13. The molecule has 0 aromatic rings. The molecule has 1 rings (SSSR count). The van der Waals surface area contributed by atoms with Gasteiger partial charge >= 0.3 is 0 Å². The molecule has 0 radical (unpaired) electrons. The Morgan fingerprint density at radius 3 is 2.77 bits per heavy atom. The highest BCUT2D eigenvalue weighted by atomic mass is 15.2. The van der Waals surface area contributed by atoms with E-state index in [9.17, 15) is 0 Å². The molecule has 0 aromatic heterocycles. The van der Waals surface area contributed by atoms with Gasteiger partial charge in [0.25, 0.3) is 0 Å². The van der Waals surface area contributed by atoms with Crippen LogP contribution in [0.5, 0.6) is 0 Å². The summed E-state index contributed by atoms with van der Waals surface area (Å²) in [6, 6.07) is 0.622. The van der Waals surface area contributed by atoms with Gasteiger partial charge in [0.05, 0.1) is 0 Å². The summed E-state index contributed by atoms with van der Waals surface area (Å²) in [6.07, 6.45) is 3.17. The van der Waals surface area contributed by atoms with E-state index in [1.54, 1.807) is 0 Å². The van der Waals surface area contributed by atoms with E-state index in [-0.39, 0.29) is 0 Å². The predicted octanol–water partition coefficient (Wildman–Crippen LogP) is 2.97. The summed E-state index contributed by atoms with van der Waals surface area (Å²) in [5.74, 6) is 1.89. The van der Waals surface area contributed by atoms with Gasteiger partial charge in [0, 0.05) is 57.9 Å². The number of hydrogen-bond donors (Lipinski definition) is 1. The number of piperazine rings is 1. The van der Waals surface area contributed by atoms with E-state index in [1.165, 1.54) is 31.9 Å². The van der Waals surface area contributed by atoms with E-state index in [0.717, 1.165) is 31.6 Å². The van der Waals surface area contributed by atoms with Crippen molar-refractivity contribution in [1.29, 1.82) is 0 Å². The van der Waals surface area contributed by atoms with Gasteiger partial charge in [0.15, 0.2) is 0 Å². The maximum atomic E-state index is 4.72. The number of allylic oxidation sites excluding steroid dienone is 1. The van der Waals surface area contributed by atoms with Crippen molar-refractivity contribution in [1.82, 2.24) is 15.1 Å². The van der Waals surface area contributed by atoms with Gasteiger partial charge in [-0.15, -0.1) is 0 Å². The van der Waals surface area contributed by atoms with Crippen molar-refractivity contribution in [3.05, 3.63) is 12.3 Å². The molecule has 4 nitrogen and oxygen atoms in total. The van der Waals surface area contributed by atoms with E-state index < -0.39 is 0 Å². The smallest absolute Gasteiger partial charge is 0.104 e. The number of aliphatic imine (C=N–C) groups is 1. The second kappa shape index (κ2) is 10.0. The predicted molar refractivity (Wildman–Crippen MR) is 97.5 cm³/mol. The molecule has 128 valence electrons. The number of nitrogens with zero attached hydrogens (tertiary/aromatic N) is 3. The molecule has 0 unspecified atom stereocenters. The summed E-state index contributed by atoms with van der Waals surface area (Å²) in [5.41, 5.74) is 0.985. The van der Waals surface area contributed by atoms with Gasteiger partial charge in [-0.1, -0.05) is 20.4 Å². The van der Waals surface area contributed by atoms with Crippen LogP contribution in [0.3, 0.4) is 0 Å². The molecule has 0 saturated carbocycles. The third-order valence-corrected chi connectivity index (χ3v) is 4.49. The number of nitrogens with one attached hydrogen (secondary N) is 1. The molecule has 1 saturated heterocycles. The lowest BCUT2D eigenvalue weighted by atomic mass is 10.0. The average molecular weight is 309 g/mol. The molecule has 1 N–H and O–H groups in total. The van der Waals surface area contributed by atoms with Gasteiger partial charge in [-0.05, 0) is 32.6 Å². The molecular weight excluding hydrogens is 272 g/mol. The van der Waals surface area contributed by atoms with E-state index in [1.807, 2.05) is 0 Å². The molecular formula is C18H36N4. The van der Waals surface area contributed by atoms with Crippen molar-refractivity contribution in [2.45, 2.75) is 53.0 Å². The van der Waals surface area contributed by atoms with Crippen LogP contribution in [0, 0.1) is 5.92 Å².